The fourth-order valence-electron chi connectivity index (χ4n) is 3.02. The lowest BCUT2D eigenvalue weighted by molar-refractivity contribution is 0.289. The molecule has 1 fully saturated rings. The Morgan fingerprint density at radius 1 is 1.24 bits per heavy atom. The molecule has 0 aromatic heterocycles. The average molecular weight is 290 g/mol. The number of benzene rings is 1. The van der Waals surface area contributed by atoms with Gasteiger partial charge in [-0.3, -0.25) is 0 Å². The van der Waals surface area contributed by atoms with Crippen LogP contribution in [0, 0.1) is 0 Å². The van der Waals surface area contributed by atoms with Crippen molar-refractivity contribution in [3.05, 3.63) is 29.3 Å². The van der Waals surface area contributed by atoms with Gasteiger partial charge in [-0.15, -0.1) is 0 Å². The van der Waals surface area contributed by atoms with Crippen LogP contribution in [0.15, 0.2) is 18.2 Å². The minimum absolute atomic E-state index is 0.511. The van der Waals surface area contributed by atoms with Gasteiger partial charge >= 0.3 is 0 Å². The zero-order chi connectivity index (χ0) is 15.1. The number of ether oxygens (including phenoxy) is 1. The minimum atomic E-state index is 0.511. The van der Waals surface area contributed by atoms with E-state index in [1.165, 1.54) is 50.1 Å². The second-order valence-electron chi connectivity index (χ2n) is 6.28. The largest absolute Gasteiger partial charge is 0.496 e. The van der Waals surface area contributed by atoms with E-state index in [2.05, 4.69) is 42.3 Å². The monoisotopic (exact) mass is 290 g/mol. The van der Waals surface area contributed by atoms with Gasteiger partial charge in [0.15, 0.2) is 0 Å². The highest BCUT2D eigenvalue weighted by Gasteiger charge is 2.10. The number of hydrogen-bond donors (Lipinski definition) is 1. The third-order valence-corrected chi connectivity index (χ3v) is 4.29. The predicted molar refractivity (Wildman–Crippen MR) is 89.3 cm³/mol. The molecule has 0 unspecified atom stereocenters. The highest BCUT2D eigenvalue weighted by molar-refractivity contribution is 5.39. The Morgan fingerprint density at radius 3 is 2.86 bits per heavy atom. The molecule has 2 rings (SSSR count). The predicted octanol–water partition coefficient (Wildman–Crippen LogP) is 3.05. The molecule has 1 aromatic rings. The van der Waals surface area contributed by atoms with E-state index in [1.54, 1.807) is 7.11 Å². The first-order valence-corrected chi connectivity index (χ1v) is 8.30. The van der Waals surface area contributed by atoms with Gasteiger partial charge in [0, 0.05) is 13.1 Å². The zero-order valence-electron chi connectivity index (χ0n) is 13.8. The second kappa shape index (κ2) is 8.40. The topological polar surface area (TPSA) is 24.5 Å². The Kier molecular flexibility index (Phi) is 6.52. The van der Waals surface area contributed by atoms with E-state index in [0.29, 0.717) is 5.92 Å². The third-order valence-electron chi connectivity index (χ3n) is 4.29. The average Bonchev–Trinajstić information content (AvgIpc) is 2.76. The van der Waals surface area contributed by atoms with Crippen molar-refractivity contribution in [3.8, 4) is 5.75 Å². The lowest BCUT2D eigenvalue weighted by atomic mass is 9.98. The van der Waals surface area contributed by atoms with Crippen molar-refractivity contribution in [1.29, 1.82) is 0 Å². The summed E-state index contributed by atoms with van der Waals surface area (Å²) in [6.07, 6.45) is 3.68. The highest BCUT2D eigenvalue weighted by Crippen LogP contribution is 2.27. The molecule has 1 aliphatic heterocycles. The Bertz CT molecular complexity index is 423. The van der Waals surface area contributed by atoms with E-state index in [9.17, 15) is 0 Å². The smallest absolute Gasteiger partial charge is 0.122 e. The molecule has 1 saturated heterocycles. The van der Waals surface area contributed by atoms with Crippen molar-refractivity contribution >= 4 is 0 Å². The van der Waals surface area contributed by atoms with Crippen LogP contribution < -0.4 is 10.1 Å². The fourth-order valence-corrected chi connectivity index (χ4v) is 3.02. The van der Waals surface area contributed by atoms with Crippen LogP contribution in [0.4, 0.5) is 0 Å². The molecule has 21 heavy (non-hydrogen) atoms. The van der Waals surface area contributed by atoms with Gasteiger partial charge in [-0.25, -0.2) is 0 Å². The Hall–Kier alpha value is -1.06. The second-order valence-corrected chi connectivity index (χ2v) is 6.28. The molecule has 0 spiro atoms. The van der Waals surface area contributed by atoms with E-state index in [4.69, 9.17) is 4.74 Å². The molecule has 0 atom stereocenters. The number of nitrogens with zero attached hydrogens (tertiary/aromatic N) is 1. The van der Waals surface area contributed by atoms with Gasteiger partial charge in [0.05, 0.1) is 7.11 Å². The van der Waals surface area contributed by atoms with E-state index >= 15 is 0 Å². The van der Waals surface area contributed by atoms with Gasteiger partial charge in [0.1, 0.15) is 5.75 Å². The molecule has 1 aliphatic rings. The first-order valence-electron chi connectivity index (χ1n) is 8.30. The van der Waals surface area contributed by atoms with Crippen molar-refractivity contribution in [2.75, 3.05) is 39.8 Å². The van der Waals surface area contributed by atoms with Crippen LogP contribution in [-0.2, 0) is 6.42 Å². The first-order chi connectivity index (χ1) is 10.2. The van der Waals surface area contributed by atoms with Crippen LogP contribution in [0.25, 0.3) is 0 Å². The normalized spacial score (nSPS) is 17.0. The van der Waals surface area contributed by atoms with E-state index in [0.717, 1.165) is 18.7 Å². The van der Waals surface area contributed by atoms with Gasteiger partial charge in [-0.1, -0.05) is 26.0 Å². The molecule has 1 aromatic carbocycles. The number of nitrogens with one attached hydrogen (secondary N) is 1. The quantitative estimate of drug-likeness (QED) is 0.871. The lowest BCUT2D eigenvalue weighted by Gasteiger charge is -2.19. The van der Waals surface area contributed by atoms with Crippen LogP contribution in [0.5, 0.6) is 5.75 Å². The molecular formula is C18H30N2O. The van der Waals surface area contributed by atoms with Gasteiger partial charge in [-0.05, 0) is 62.0 Å². The zero-order valence-corrected chi connectivity index (χ0v) is 13.8. The maximum atomic E-state index is 5.46. The summed E-state index contributed by atoms with van der Waals surface area (Å²) in [6, 6.07) is 6.67. The molecule has 0 bridgehead atoms. The standard InChI is InChI=1S/C18H30N2O/c1-15(2)17-14-16(7-8-18(17)21-3)6-4-11-20-12-5-9-19-10-13-20/h7-8,14-15,19H,4-6,9-13H2,1-3H3. The number of methoxy groups -OCH3 is 1. The van der Waals surface area contributed by atoms with E-state index < -0.39 is 0 Å². The summed E-state index contributed by atoms with van der Waals surface area (Å²) in [5, 5.41) is 3.46. The van der Waals surface area contributed by atoms with Crippen molar-refractivity contribution in [3.63, 3.8) is 0 Å². The third kappa shape index (κ3) is 5.01. The van der Waals surface area contributed by atoms with Crippen molar-refractivity contribution in [2.24, 2.45) is 0 Å². The molecule has 118 valence electrons. The summed E-state index contributed by atoms with van der Waals surface area (Å²) in [5.41, 5.74) is 2.77. The Morgan fingerprint density at radius 2 is 2.10 bits per heavy atom. The maximum absolute atomic E-state index is 5.46. The number of aryl methyl sites for hydroxylation is 1. The van der Waals surface area contributed by atoms with Crippen LogP contribution in [0.2, 0.25) is 0 Å². The molecular weight excluding hydrogens is 260 g/mol. The van der Waals surface area contributed by atoms with Crippen molar-refractivity contribution < 1.29 is 4.74 Å². The van der Waals surface area contributed by atoms with Crippen LogP contribution in [0.3, 0.4) is 0 Å². The number of hydrogen-bond acceptors (Lipinski definition) is 3. The molecule has 0 saturated carbocycles. The van der Waals surface area contributed by atoms with Crippen molar-refractivity contribution in [2.45, 2.75) is 39.0 Å². The van der Waals surface area contributed by atoms with Gasteiger partial charge in [-0.2, -0.15) is 0 Å². The van der Waals surface area contributed by atoms with Crippen molar-refractivity contribution in [1.82, 2.24) is 10.2 Å². The highest BCUT2D eigenvalue weighted by atomic mass is 16.5. The number of rotatable bonds is 6. The molecule has 3 heteroatoms. The Balaban J connectivity index is 1.86. The van der Waals surface area contributed by atoms with E-state index in [-0.39, 0.29) is 0 Å². The Labute approximate surface area is 129 Å². The first kappa shape index (κ1) is 16.3. The summed E-state index contributed by atoms with van der Waals surface area (Å²) in [4.78, 5) is 2.59. The molecule has 0 amide bonds. The SMILES string of the molecule is COc1ccc(CCCN2CCCNCC2)cc1C(C)C. The van der Waals surface area contributed by atoms with Crippen LogP contribution in [0.1, 0.15) is 43.7 Å². The molecule has 1 heterocycles. The van der Waals surface area contributed by atoms with Crippen LogP contribution >= 0.6 is 0 Å². The van der Waals surface area contributed by atoms with Gasteiger partial charge < -0.3 is 15.0 Å². The van der Waals surface area contributed by atoms with Gasteiger partial charge in [0.25, 0.3) is 0 Å². The van der Waals surface area contributed by atoms with Gasteiger partial charge in [0.2, 0.25) is 0 Å². The summed E-state index contributed by atoms with van der Waals surface area (Å²) >= 11 is 0. The molecule has 0 radical (unpaired) electrons. The molecule has 3 nitrogen and oxygen atoms in total. The fraction of sp³-hybridized carbons (Fsp3) is 0.667. The summed E-state index contributed by atoms with van der Waals surface area (Å²) in [6.45, 7) is 10.4. The lowest BCUT2D eigenvalue weighted by Crippen LogP contribution is -2.29. The maximum Gasteiger partial charge on any atom is 0.122 e. The minimum Gasteiger partial charge on any atom is -0.496 e. The summed E-state index contributed by atoms with van der Waals surface area (Å²) < 4.78 is 5.46. The van der Waals surface area contributed by atoms with E-state index in [1.807, 2.05) is 0 Å². The molecule has 0 aliphatic carbocycles. The summed E-state index contributed by atoms with van der Waals surface area (Å²) in [5.74, 6) is 1.53. The van der Waals surface area contributed by atoms with Crippen LogP contribution in [-0.4, -0.2) is 44.7 Å². The summed E-state index contributed by atoms with van der Waals surface area (Å²) in [7, 11) is 1.76. The molecule has 1 N–H and O–H groups in total.